The van der Waals surface area contributed by atoms with Crippen LogP contribution in [0.25, 0.3) is 0 Å². The molecule has 1 atom stereocenters. The average molecular weight is 285 g/mol. The Morgan fingerprint density at radius 2 is 2.16 bits per heavy atom. The standard InChI is InChI=1S/C14H20N2O2.ClH/c1-14(2)9-11(16-13(17)7-8-15)10-5-3-4-6-12(10)18-14;/h3-6,11H,7-9,15H2,1-2H3,(H,16,17);1H. The summed E-state index contributed by atoms with van der Waals surface area (Å²) in [6.07, 6.45) is 1.13. The third-order valence-electron chi connectivity index (χ3n) is 3.08. The van der Waals surface area contributed by atoms with E-state index < -0.39 is 0 Å². The molecule has 0 bridgehead atoms. The molecular formula is C14H21ClN2O2. The molecule has 1 amide bonds. The van der Waals surface area contributed by atoms with Crippen LogP contribution in [0, 0.1) is 0 Å². The van der Waals surface area contributed by atoms with Gasteiger partial charge in [-0.1, -0.05) is 18.2 Å². The first kappa shape index (κ1) is 15.8. The van der Waals surface area contributed by atoms with Crippen molar-refractivity contribution in [3.05, 3.63) is 29.8 Å². The number of amides is 1. The number of rotatable bonds is 3. The van der Waals surface area contributed by atoms with Gasteiger partial charge in [0.15, 0.2) is 0 Å². The molecule has 1 aromatic rings. The molecule has 106 valence electrons. The monoisotopic (exact) mass is 284 g/mol. The van der Waals surface area contributed by atoms with Crippen molar-refractivity contribution in [3.63, 3.8) is 0 Å². The first-order chi connectivity index (χ1) is 8.52. The molecule has 1 aliphatic rings. The number of para-hydroxylation sites is 1. The molecule has 5 heteroatoms. The van der Waals surface area contributed by atoms with Crippen LogP contribution in [0.3, 0.4) is 0 Å². The maximum absolute atomic E-state index is 11.7. The van der Waals surface area contributed by atoms with Crippen LogP contribution in [0.5, 0.6) is 5.75 Å². The first-order valence-corrected chi connectivity index (χ1v) is 6.29. The minimum Gasteiger partial charge on any atom is -0.487 e. The maximum atomic E-state index is 11.7. The Kier molecular flexibility index (Phi) is 5.20. The molecule has 2 rings (SSSR count). The molecule has 4 nitrogen and oxygen atoms in total. The highest BCUT2D eigenvalue weighted by Crippen LogP contribution is 2.39. The van der Waals surface area contributed by atoms with Crippen molar-refractivity contribution in [1.29, 1.82) is 0 Å². The summed E-state index contributed by atoms with van der Waals surface area (Å²) in [5.74, 6) is 0.849. The highest BCUT2D eigenvalue weighted by molar-refractivity contribution is 5.85. The third-order valence-corrected chi connectivity index (χ3v) is 3.08. The van der Waals surface area contributed by atoms with Crippen molar-refractivity contribution in [3.8, 4) is 5.75 Å². The summed E-state index contributed by atoms with van der Waals surface area (Å²) in [4.78, 5) is 11.7. The highest BCUT2D eigenvalue weighted by atomic mass is 35.5. The van der Waals surface area contributed by atoms with Gasteiger partial charge in [-0.3, -0.25) is 4.79 Å². The molecule has 0 saturated heterocycles. The number of nitrogens with two attached hydrogens (primary N) is 1. The molecule has 0 spiro atoms. The van der Waals surface area contributed by atoms with Crippen molar-refractivity contribution in [2.75, 3.05) is 6.54 Å². The van der Waals surface area contributed by atoms with Crippen LogP contribution in [-0.4, -0.2) is 18.1 Å². The Bertz CT molecular complexity index is 449. The van der Waals surface area contributed by atoms with E-state index in [1.807, 2.05) is 38.1 Å². The summed E-state index contributed by atoms with van der Waals surface area (Å²) in [5.41, 5.74) is 6.17. The lowest BCUT2D eigenvalue weighted by molar-refractivity contribution is -0.122. The summed E-state index contributed by atoms with van der Waals surface area (Å²) >= 11 is 0. The SMILES string of the molecule is CC1(C)CC(NC(=O)CCN)c2ccccc2O1.Cl. The van der Waals surface area contributed by atoms with Gasteiger partial charge >= 0.3 is 0 Å². The fraction of sp³-hybridized carbons (Fsp3) is 0.500. The van der Waals surface area contributed by atoms with E-state index in [9.17, 15) is 4.79 Å². The Labute approximate surface area is 120 Å². The van der Waals surface area contributed by atoms with Gasteiger partial charge in [0.25, 0.3) is 0 Å². The van der Waals surface area contributed by atoms with Gasteiger partial charge < -0.3 is 15.8 Å². The van der Waals surface area contributed by atoms with Crippen LogP contribution in [-0.2, 0) is 4.79 Å². The number of carbonyl (C=O) groups is 1. The van der Waals surface area contributed by atoms with Crippen LogP contribution >= 0.6 is 12.4 Å². The molecule has 0 saturated carbocycles. The average Bonchev–Trinajstić information content (AvgIpc) is 2.27. The van der Waals surface area contributed by atoms with Crippen molar-refractivity contribution in [1.82, 2.24) is 5.32 Å². The minimum atomic E-state index is -0.269. The number of benzene rings is 1. The Balaban J connectivity index is 0.00000180. The second kappa shape index (κ2) is 6.26. The van der Waals surface area contributed by atoms with Gasteiger partial charge in [0.05, 0.1) is 6.04 Å². The van der Waals surface area contributed by atoms with Gasteiger partial charge in [0.2, 0.25) is 5.91 Å². The number of hydrogen-bond donors (Lipinski definition) is 2. The molecule has 19 heavy (non-hydrogen) atoms. The summed E-state index contributed by atoms with van der Waals surface area (Å²) in [5, 5.41) is 3.03. The van der Waals surface area contributed by atoms with E-state index in [1.165, 1.54) is 0 Å². The number of nitrogens with one attached hydrogen (secondary N) is 1. The van der Waals surface area contributed by atoms with Gasteiger partial charge in [-0.25, -0.2) is 0 Å². The molecule has 1 aliphatic heterocycles. The van der Waals surface area contributed by atoms with E-state index >= 15 is 0 Å². The zero-order chi connectivity index (χ0) is 13.2. The molecule has 0 fully saturated rings. The molecule has 0 aliphatic carbocycles. The van der Waals surface area contributed by atoms with Crippen LogP contribution in [0.2, 0.25) is 0 Å². The summed E-state index contributed by atoms with van der Waals surface area (Å²) in [6, 6.07) is 7.85. The van der Waals surface area contributed by atoms with Crippen LogP contribution < -0.4 is 15.8 Å². The van der Waals surface area contributed by atoms with Gasteiger partial charge in [-0.05, 0) is 19.9 Å². The quantitative estimate of drug-likeness (QED) is 0.894. The van der Waals surface area contributed by atoms with E-state index in [-0.39, 0.29) is 30.0 Å². The van der Waals surface area contributed by atoms with Crippen molar-refractivity contribution < 1.29 is 9.53 Å². The van der Waals surface area contributed by atoms with Crippen LogP contribution in [0.15, 0.2) is 24.3 Å². The normalized spacial score (nSPS) is 19.6. The van der Waals surface area contributed by atoms with E-state index in [1.54, 1.807) is 0 Å². The Morgan fingerprint density at radius 1 is 1.47 bits per heavy atom. The van der Waals surface area contributed by atoms with Gasteiger partial charge in [0.1, 0.15) is 11.4 Å². The van der Waals surface area contributed by atoms with Crippen molar-refractivity contribution in [2.45, 2.75) is 38.3 Å². The van der Waals surface area contributed by atoms with E-state index in [0.717, 1.165) is 17.7 Å². The number of fused-ring (bicyclic) bond motifs is 1. The maximum Gasteiger partial charge on any atom is 0.221 e. The molecule has 0 aromatic heterocycles. The van der Waals surface area contributed by atoms with Gasteiger partial charge in [-0.2, -0.15) is 0 Å². The molecule has 3 N–H and O–H groups in total. The highest BCUT2D eigenvalue weighted by Gasteiger charge is 2.34. The number of carbonyl (C=O) groups excluding carboxylic acids is 1. The zero-order valence-corrected chi connectivity index (χ0v) is 12.1. The fourth-order valence-corrected chi connectivity index (χ4v) is 2.33. The van der Waals surface area contributed by atoms with Crippen molar-refractivity contribution >= 4 is 18.3 Å². The Hall–Kier alpha value is -1.26. The number of ether oxygens (including phenoxy) is 1. The molecule has 1 unspecified atom stereocenters. The zero-order valence-electron chi connectivity index (χ0n) is 11.3. The third kappa shape index (κ3) is 3.85. The summed E-state index contributed by atoms with van der Waals surface area (Å²) in [6.45, 7) is 4.44. The first-order valence-electron chi connectivity index (χ1n) is 6.29. The minimum absolute atomic E-state index is 0. The second-order valence-electron chi connectivity index (χ2n) is 5.26. The topological polar surface area (TPSA) is 64.4 Å². The van der Waals surface area contributed by atoms with E-state index in [4.69, 9.17) is 10.5 Å². The molecule has 1 aromatic carbocycles. The number of halogens is 1. The predicted octanol–water partition coefficient (Wildman–Crippen LogP) is 2.18. The molecule has 1 heterocycles. The van der Waals surface area contributed by atoms with Gasteiger partial charge in [-0.15, -0.1) is 12.4 Å². The van der Waals surface area contributed by atoms with E-state index in [2.05, 4.69) is 5.32 Å². The van der Waals surface area contributed by atoms with E-state index in [0.29, 0.717) is 13.0 Å². The Morgan fingerprint density at radius 3 is 2.84 bits per heavy atom. The van der Waals surface area contributed by atoms with Crippen molar-refractivity contribution in [2.24, 2.45) is 5.73 Å². The largest absolute Gasteiger partial charge is 0.487 e. The summed E-state index contributed by atoms with van der Waals surface area (Å²) < 4.78 is 5.92. The second-order valence-corrected chi connectivity index (χ2v) is 5.26. The molecule has 0 radical (unpaired) electrons. The lowest BCUT2D eigenvalue weighted by Gasteiger charge is -2.37. The van der Waals surface area contributed by atoms with Gasteiger partial charge in [0, 0.05) is 24.9 Å². The summed E-state index contributed by atoms with van der Waals surface area (Å²) in [7, 11) is 0. The lowest BCUT2D eigenvalue weighted by Crippen LogP contribution is -2.41. The number of hydrogen-bond acceptors (Lipinski definition) is 3. The lowest BCUT2D eigenvalue weighted by atomic mass is 9.89. The fourth-order valence-electron chi connectivity index (χ4n) is 2.33. The van der Waals surface area contributed by atoms with Crippen LogP contribution in [0.4, 0.5) is 0 Å². The smallest absolute Gasteiger partial charge is 0.221 e. The van der Waals surface area contributed by atoms with Crippen LogP contribution in [0.1, 0.15) is 38.3 Å². The molecular weight excluding hydrogens is 264 g/mol. The predicted molar refractivity (Wildman–Crippen MR) is 77.6 cm³/mol.